The van der Waals surface area contributed by atoms with Crippen LogP contribution in [0.2, 0.25) is 0 Å². The molecule has 4 nitrogen and oxygen atoms in total. The molecule has 0 unspecified atom stereocenters. The van der Waals surface area contributed by atoms with Gasteiger partial charge in [-0.15, -0.1) is 0 Å². The molecule has 0 fully saturated rings. The number of para-hydroxylation sites is 2. The molecule has 0 bridgehead atoms. The van der Waals surface area contributed by atoms with Crippen molar-refractivity contribution < 1.29 is 0 Å². The van der Waals surface area contributed by atoms with Crippen LogP contribution in [0.1, 0.15) is 304 Å². The zero-order valence-corrected chi connectivity index (χ0v) is 71.2. The highest BCUT2D eigenvalue weighted by molar-refractivity contribution is 5.95. The average Bonchev–Trinajstić information content (AvgIpc) is 1.56. The van der Waals surface area contributed by atoms with Crippen LogP contribution in [0, 0.1) is 0 Å². The summed E-state index contributed by atoms with van der Waals surface area (Å²) < 4.78 is 0. The summed E-state index contributed by atoms with van der Waals surface area (Å²) in [7, 11) is 0. The number of nitrogens with zero attached hydrogens (tertiary/aromatic N) is 4. The molecule has 0 amide bonds. The van der Waals surface area contributed by atoms with Gasteiger partial charge in [0, 0.05) is 32.7 Å². The van der Waals surface area contributed by atoms with Gasteiger partial charge >= 0.3 is 0 Å². The Morgan fingerprint density at radius 2 is 0.538 bits per heavy atom. The zero-order valence-electron chi connectivity index (χ0n) is 71.2. The fraction of sp³-hybridized carbons (Fsp3) is 0.381. The summed E-state index contributed by atoms with van der Waals surface area (Å²) in [6, 6.07) is 88.3. The summed E-state index contributed by atoms with van der Waals surface area (Å²) in [5.74, 6) is 0. The number of rotatable bonds is 45. The number of fused-ring (bicyclic) bond motifs is 9. The Morgan fingerprint density at radius 1 is 0.239 bits per heavy atom. The Labute approximate surface area is 701 Å². The highest BCUT2D eigenvalue weighted by atomic mass is 15.0. The molecule has 0 spiro atoms. The summed E-state index contributed by atoms with van der Waals surface area (Å²) in [4.78, 5) is 21.0. The molecule has 4 heteroatoms. The van der Waals surface area contributed by atoms with Gasteiger partial charge < -0.3 is 0 Å². The molecule has 600 valence electrons. The van der Waals surface area contributed by atoms with Crippen molar-refractivity contribution in [2.45, 2.75) is 270 Å². The van der Waals surface area contributed by atoms with Crippen LogP contribution in [-0.2, 0) is 10.8 Å². The summed E-state index contributed by atoms with van der Waals surface area (Å²) in [6.45, 7) is 9.80. The number of pyridine rings is 2. The SMILES string of the molecule is CCCCCCCCCCC1(CCCCCCCCCC)c2cc(-c3ccccc3)ccc2-c2ccc(-c3cc(/C=C/c4ccc5ccccc5n4)c(-c4ccc5c(c4)C(CCCCCCCCCC)(CCCCCCCCCC)c4cc(-c6ccc(-c7ccccc7)c7c6=NCN=7)ccc4-5)cc3/C=C/c3ccc4ccccc4n3)cc21. The van der Waals surface area contributed by atoms with E-state index in [4.69, 9.17) is 20.0 Å². The quantitative estimate of drug-likeness (QED) is 0.0357. The lowest BCUT2D eigenvalue weighted by atomic mass is 9.69. The molecule has 2 aliphatic carbocycles. The van der Waals surface area contributed by atoms with Crippen LogP contribution < -0.4 is 10.7 Å². The topological polar surface area (TPSA) is 50.5 Å². The smallest absolute Gasteiger partial charge is 0.130 e. The second-order valence-electron chi connectivity index (χ2n) is 34.7. The van der Waals surface area contributed by atoms with Gasteiger partial charge in [0.2, 0.25) is 0 Å². The van der Waals surface area contributed by atoms with E-state index in [1.807, 2.05) is 0 Å². The van der Waals surface area contributed by atoms with E-state index in [0.717, 1.165) is 75.2 Å². The summed E-state index contributed by atoms with van der Waals surface area (Å²) in [5.41, 5.74) is 29.9. The zero-order chi connectivity index (χ0) is 79.9. The van der Waals surface area contributed by atoms with Crippen LogP contribution in [0.3, 0.4) is 0 Å². The molecular formula is C113H128N4. The minimum atomic E-state index is -0.217. The fourth-order valence-corrected chi connectivity index (χ4v) is 20.1. The number of hydrogen-bond donors (Lipinski definition) is 0. The molecule has 3 heterocycles. The van der Waals surface area contributed by atoms with Gasteiger partial charge in [-0.2, -0.15) is 0 Å². The van der Waals surface area contributed by atoms with Gasteiger partial charge in [-0.05, 0) is 199 Å². The van der Waals surface area contributed by atoms with Crippen molar-refractivity contribution in [3.63, 3.8) is 0 Å². The minimum Gasteiger partial charge on any atom is -0.259 e. The van der Waals surface area contributed by atoms with Crippen molar-refractivity contribution >= 4 is 46.1 Å². The maximum atomic E-state index is 5.34. The average molecular weight is 1540 g/mol. The lowest BCUT2D eigenvalue weighted by Gasteiger charge is -2.34. The van der Waals surface area contributed by atoms with E-state index in [0.29, 0.717) is 6.67 Å². The van der Waals surface area contributed by atoms with Gasteiger partial charge in [0.25, 0.3) is 0 Å². The Hall–Kier alpha value is -9.90. The third-order valence-electron chi connectivity index (χ3n) is 26.6. The lowest BCUT2D eigenvalue weighted by Crippen LogP contribution is -2.27. The van der Waals surface area contributed by atoms with Crippen molar-refractivity contribution in [2.75, 3.05) is 6.67 Å². The predicted octanol–water partition coefficient (Wildman–Crippen LogP) is 32.3. The molecule has 10 aromatic carbocycles. The molecule has 3 aliphatic rings. The van der Waals surface area contributed by atoms with Crippen LogP contribution >= 0.6 is 0 Å². The van der Waals surface area contributed by atoms with E-state index < -0.39 is 0 Å². The van der Waals surface area contributed by atoms with Gasteiger partial charge in [0.15, 0.2) is 0 Å². The maximum absolute atomic E-state index is 5.34. The predicted molar refractivity (Wildman–Crippen MR) is 503 cm³/mol. The highest BCUT2D eigenvalue weighted by Gasteiger charge is 2.45. The second-order valence-corrected chi connectivity index (χ2v) is 34.7. The standard InChI is InChI=1S/C113H128N4/c1-5-9-13-17-21-25-29-43-73-112(74-44-30-26-22-18-14-10-6-2)104-79-88(84-47-35-33-36-48-84)59-67-98(104)100-69-61-92(81-106(100)112)102-77-90(58-66-95-64-56-87-52-40-42-54-109(87)117-95)103(78-89(102)57-65-94-63-55-86-51-39-41-53-108(86)116-94)93-62-70-101-99-68-60-91(97-72-71-96(85-49-37-34-38-50-85)110-111(97)115-83-114-110)80-105(99)113(107(101)82-93,75-45-31-27-23-19-15-11-7-3)76-46-32-28-24-20-16-12-8-4/h33-42,47-72,77-82H,5-32,43-46,73-76,83H2,1-4H3/b65-57+,66-58+. The van der Waals surface area contributed by atoms with Crippen LogP contribution in [0.4, 0.5) is 0 Å². The first kappa shape index (κ1) is 82.2. The molecule has 1 aliphatic heterocycles. The van der Waals surface area contributed by atoms with Gasteiger partial charge in [0.05, 0.1) is 33.1 Å². The number of benzene rings is 10. The molecule has 117 heavy (non-hydrogen) atoms. The fourth-order valence-electron chi connectivity index (χ4n) is 20.1. The molecule has 15 rings (SSSR count). The highest BCUT2D eigenvalue weighted by Crippen LogP contribution is 2.58. The van der Waals surface area contributed by atoms with Crippen molar-refractivity contribution in [3.8, 4) is 77.9 Å². The number of aromatic nitrogens is 2. The summed E-state index contributed by atoms with van der Waals surface area (Å²) >= 11 is 0. The van der Waals surface area contributed by atoms with Crippen molar-refractivity contribution in [2.24, 2.45) is 9.98 Å². The van der Waals surface area contributed by atoms with E-state index in [-0.39, 0.29) is 10.8 Å². The summed E-state index contributed by atoms with van der Waals surface area (Å²) in [5, 5.41) is 4.33. The monoisotopic (exact) mass is 1540 g/mol. The van der Waals surface area contributed by atoms with E-state index in [9.17, 15) is 0 Å². The van der Waals surface area contributed by atoms with Gasteiger partial charge in [-0.3, -0.25) is 9.98 Å². The number of unbranched alkanes of at least 4 members (excludes halogenated alkanes) is 28. The first-order valence-electron chi connectivity index (χ1n) is 46.4. The Balaban J connectivity index is 0.909. The summed E-state index contributed by atoms with van der Waals surface area (Å²) in [6.07, 6.45) is 55.4. The van der Waals surface area contributed by atoms with Crippen LogP contribution in [-0.4, -0.2) is 16.6 Å². The maximum Gasteiger partial charge on any atom is 0.130 e. The van der Waals surface area contributed by atoms with E-state index in [2.05, 4.69) is 283 Å². The van der Waals surface area contributed by atoms with Gasteiger partial charge in [-0.25, -0.2) is 9.97 Å². The van der Waals surface area contributed by atoms with Gasteiger partial charge in [0.1, 0.15) is 6.67 Å². The molecule has 0 N–H and O–H groups in total. The molecular weight excluding hydrogens is 1410 g/mol. The Morgan fingerprint density at radius 3 is 0.915 bits per heavy atom. The third-order valence-corrected chi connectivity index (χ3v) is 26.6. The molecule has 0 saturated heterocycles. The first-order valence-corrected chi connectivity index (χ1v) is 46.4. The number of hydrogen-bond acceptors (Lipinski definition) is 4. The molecule has 0 radical (unpaired) electrons. The second kappa shape index (κ2) is 41.0. The lowest BCUT2D eigenvalue weighted by molar-refractivity contribution is 0.397. The van der Waals surface area contributed by atoms with Crippen LogP contribution in [0.25, 0.3) is 124 Å². The van der Waals surface area contributed by atoms with E-state index in [1.54, 1.807) is 0 Å². The van der Waals surface area contributed by atoms with E-state index in [1.165, 1.54) is 311 Å². The minimum absolute atomic E-state index is 0.151. The molecule has 12 aromatic rings. The molecule has 0 atom stereocenters. The van der Waals surface area contributed by atoms with Crippen molar-refractivity contribution in [1.29, 1.82) is 0 Å². The van der Waals surface area contributed by atoms with Crippen LogP contribution in [0.5, 0.6) is 0 Å². The van der Waals surface area contributed by atoms with Gasteiger partial charge in [-0.1, -0.05) is 415 Å². The van der Waals surface area contributed by atoms with E-state index >= 15 is 0 Å². The molecule has 0 saturated carbocycles. The largest absolute Gasteiger partial charge is 0.259 e. The van der Waals surface area contributed by atoms with Crippen molar-refractivity contribution in [3.05, 3.63) is 286 Å². The molecule has 2 aromatic heterocycles. The Bertz CT molecular complexity index is 5440. The van der Waals surface area contributed by atoms with Crippen molar-refractivity contribution in [1.82, 2.24) is 9.97 Å². The first-order chi connectivity index (χ1) is 57.9. The normalized spacial score (nSPS) is 13.5. The van der Waals surface area contributed by atoms with Crippen LogP contribution in [0.15, 0.2) is 241 Å². The Kier molecular flexibility index (Phi) is 28.8. The third kappa shape index (κ3) is 19.5.